The zero-order valence-electron chi connectivity index (χ0n) is 9.58. The molecule has 2 aromatic rings. The van der Waals surface area contributed by atoms with Gasteiger partial charge < -0.3 is 5.73 Å². The molecule has 2 nitrogen and oxygen atoms in total. The highest BCUT2D eigenvalue weighted by atomic mass is 35.5. The SMILES string of the molecule is Cc1cc(C(=O)c2c(N)cccc2Cl)c(C)s1. The highest BCUT2D eigenvalue weighted by molar-refractivity contribution is 7.12. The van der Waals surface area contributed by atoms with Crippen molar-refractivity contribution in [2.75, 3.05) is 5.73 Å². The molecule has 1 heterocycles. The smallest absolute Gasteiger partial charge is 0.197 e. The van der Waals surface area contributed by atoms with Gasteiger partial charge in [0.1, 0.15) is 0 Å². The van der Waals surface area contributed by atoms with Crippen LogP contribution in [-0.2, 0) is 0 Å². The fourth-order valence-corrected chi connectivity index (χ4v) is 2.96. The molecule has 0 bridgehead atoms. The molecule has 0 unspecified atom stereocenters. The van der Waals surface area contributed by atoms with E-state index in [0.29, 0.717) is 21.8 Å². The number of hydrogen-bond donors (Lipinski definition) is 1. The van der Waals surface area contributed by atoms with Crippen LogP contribution < -0.4 is 5.73 Å². The third kappa shape index (κ3) is 2.21. The van der Waals surface area contributed by atoms with Gasteiger partial charge >= 0.3 is 0 Å². The van der Waals surface area contributed by atoms with Crippen molar-refractivity contribution in [3.63, 3.8) is 0 Å². The number of aryl methyl sites for hydroxylation is 2. The van der Waals surface area contributed by atoms with Crippen LogP contribution in [0.15, 0.2) is 24.3 Å². The predicted octanol–water partition coefficient (Wildman–Crippen LogP) is 3.83. The number of halogens is 1. The maximum Gasteiger partial charge on any atom is 0.197 e. The normalized spacial score (nSPS) is 10.5. The number of ketones is 1. The molecule has 0 amide bonds. The first kappa shape index (κ1) is 12.1. The Morgan fingerprint density at radius 1 is 1.35 bits per heavy atom. The van der Waals surface area contributed by atoms with Gasteiger partial charge in [-0.2, -0.15) is 0 Å². The van der Waals surface area contributed by atoms with Gasteiger partial charge in [0.25, 0.3) is 0 Å². The molecule has 88 valence electrons. The standard InChI is InChI=1S/C13H12ClNOS/c1-7-6-9(8(2)17-7)13(16)12-10(14)4-3-5-11(12)15/h3-6H,15H2,1-2H3. The summed E-state index contributed by atoms with van der Waals surface area (Å²) in [4.78, 5) is 14.5. The van der Waals surface area contributed by atoms with Gasteiger partial charge in [0, 0.05) is 21.0 Å². The molecule has 1 aromatic carbocycles. The van der Waals surface area contributed by atoms with Gasteiger partial charge in [-0.1, -0.05) is 17.7 Å². The first-order valence-corrected chi connectivity index (χ1v) is 6.36. The van der Waals surface area contributed by atoms with Crippen LogP contribution in [0.1, 0.15) is 25.7 Å². The van der Waals surface area contributed by atoms with Crippen molar-refractivity contribution in [1.29, 1.82) is 0 Å². The van der Waals surface area contributed by atoms with E-state index in [2.05, 4.69) is 0 Å². The lowest BCUT2D eigenvalue weighted by molar-refractivity contribution is 0.103. The van der Waals surface area contributed by atoms with E-state index < -0.39 is 0 Å². The molecule has 0 radical (unpaired) electrons. The Hall–Kier alpha value is -1.32. The molecule has 0 spiro atoms. The number of thiophene rings is 1. The number of nitrogen functional groups attached to an aromatic ring is 1. The molecule has 0 fully saturated rings. The number of rotatable bonds is 2. The first-order chi connectivity index (χ1) is 8.00. The van der Waals surface area contributed by atoms with Gasteiger partial charge in [-0.25, -0.2) is 0 Å². The van der Waals surface area contributed by atoms with Crippen molar-refractivity contribution in [3.05, 3.63) is 50.2 Å². The second-order valence-corrected chi connectivity index (χ2v) is 5.73. The molecule has 2 rings (SSSR count). The number of carbonyl (C=O) groups excluding carboxylic acids is 1. The molecule has 0 aliphatic carbocycles. The zero-order valence-corrected chi connectivity index (χ0v) is 11.2. The third-order valence-corrected chi connectivity index (χ3v) is 3.84. The second-order valence-electron chi connectivity index (χ2n) is 3.86. The maximum atomic E-state index is 12.4. The van der Waals surface area contributed by atoms with Gasteiger partial charge in [-0.3, -0.25) is 4.79 Å². The van der Waals surface area contributed by atoms with Crippen molar-refractivity contribution in [3.8, 4) is 0 Å². The third-order valence-electron chi connectivity index (χ3n) is 2.56. The summed E-state index contributed by atoms with van der Waals surface area (Å²) in [5.74, 6) is -0.102. The summed E-state index contributed by atoms with van der Waals surface area (Å²) >= 11 is 7.64. The molecule has 17 heavy (non-hydrogen) atoms. The van der Waals surface area contributed by atoms with Crippen LogP contribution in [-0.4, -0.2) is 5.78 Å². The predicted molar refractivity (Wildman–Crippen MR) is 73.1 cm³/mol. The minimum absolute atomic E-state index is 0.102. The van der Waals surface area contributed by atoms with Crippen LogP contribution in [0.2, 0.25) is 5.02 Å². The van der Waals surface area contributed by atoms with Crippen molar-refractivity contribution < 1.29 is 4.79 Å². The molecule has 4 heteroatoms. The quantitative estimate of drug-likeness (QED) is 0.662. The molecule has 0 saturated carbocycles. The first-order valence-electron chi connectivity index (χ1n) is 5.16. The lowest BCUT2D eigenvalue weighted by Gasteiger charge is -2.06. The van der Waals surface area contributed by atoms with Crippen LogP contribution in [0.3, 0.4) is 0 Å². The number of nitrogens with two attached hydrogens (primary N) is 1. The van der Waals surface area contributed by atoms with Crippen molar-refractivity contribution in [1.82, 2.24) is 0 Å². The number of anilines is 1. The molecule has 0 aliphatic heterocycles. The van der Waals surface area contributed by atoms with E-state index in [1.54, 1.807) is 29.5 Å². The lowest BCUT2D eigenvalue weighted by atomic mass is 10.0. The van der Waals surface area contributed by atoms with Crippen LogP contribution in [0.4, 0.5) is 5.69 Å². The Kier molecular flexibility index (Phi) is 3.22. The monoisotopic (exact) mass is 265 g/mol. The topological polar surface area (TPSA) is 43.1 Å². The number of carbonyl (C=O) groups is 1. The summed E-state index contributed by atoms with van der Waals surface area (Å²) in [6.45, 7) is 3.91. The van der Waals surface area contributed by atoms with Gasteiger partial charge in [-0.05, 0) is 32.0 Å². The minimum Gasteiger partial charge on any atom is -0.398 e. The molecule has 0 saturated heterocycles. The van der Waals surface area contributed by atoms with Gasteiger partial charge in [0.15, 0.2) is 5.78 Å². The van der Waals surface area contributed by atoms with E-state index in [0.717, 1.165) is 9.75 Å². The molecule has 0 aliphatic rings. The molecule has 0 atom stereocenters. The van der Waals surface area contributed by atoms with E-state index >= 15 is 0 Å². The largest absolute Gasteiger partial charge is 0.398 e. The Balaban J connectivity index is 2.55. The molecule has 2 N–H and O–H groups in total. The van der Waals surface area contributed by atoms with Crippen LogP contribution in [0.25, 0.3) is 0 Å². The summed E-state index contributed by atoms with van der Waals surface area (Å²) in [6, 6.07) is 6.98. The van der Waals surface area contributed by atoms with Crippen molar-refractivity contribution >= 4 is 34.4 Å². The lowest BCUT2D eigenvalue weighted by Crippen LogP contribution is -2.06. The van der Waals surface area contributed by atoms with E-state index in [1.807, 2.05) is 19.9 Å². The molecular formula is C13H12ClNOS. The van der Waals surface area contributed by atoms with E-state index in [4.69, 9.17) is 17.3 Å². The summed E-state index contributed by atoms with van der Waals surface area (Å²) in [5, 5.41) is 0.401. The Labute approximate surface area is 109 Å². The maximum absolute atomic E-state index is 12.4. The summed E-state index contributed by atoms with van der Waals surface area (Å²) in [5.41, 5.74) is 7.32. The summed E-state index contributed by atoms with van der Waals surface area (Å²) in [6.07, 6.45) is 0. The number of benzene rings is 1. The van der Waals surface area contributed by atoms with Gasteiger partial charge in [0.2, 0.25) is 0 Å². The van der Waals surface area contributed by atoms with Gasteiger partial charge in [0.05, 0.1) is 10.6 Å². The minimum atomic E-state index is -0.102. The highest BCUT2D eigenvalue weighted by Gasteiger charge is 2.19. The van der Waals surface area contributed by atoms with Crippen LogP contribution >= 0.6 is 22.9 Å². The van der Waals surface area contributed by atoms with Gasteiger partial charge in [-0.15, -0.1) is 11.3 Å². The second kappa shape index (κ2) is 4.51. The fraction of sp³-hybridized carbons (Fsp3) is 0.154. The van der Waals surface area contributed by atoms with E-state index in [9.17, 15) is 4.79 Å². The Bertz CT molecular complexity index is 569. The molecular weight excluding hydrogens is 254 g/mol. The zero-order chi connectivity index (χ0) is 12.6. The molecule has 1 aromatic heterocycles. The Morgan fingerprint density at radius 2 is 2.06 bits per heavy atom. The van der Waals surface area contributed by atoms with Crippen LogP contribution in [0, 0.1) is 13.8 Å². The summed E-state index contributed by atoms with van der Waals surface area (Å²) in [7, 11) is 0. The van der Waals surface area contributed by atoms with Crippen molar-refractivity contribution in [2.24, 2.45) is 0 Å². The average molecular weight is 266 g/mol. The Morgan fingerprint density at radius 3 is 2.59 bits per heavy atom. The van der Waals surface area contributed by atoms with Crippen LogP contribution in [0.5, 0.6) is 0 Å². The highest BCUT2D eigenvalue weighted by Crippen LogP contribution is 2.29. The average Bonchev–Trinajstić information content (AvgIpc) is 2.57. The van der Waals surface area contributed by atoms with Crippen molar-refractivity contribution in [2.45, 2.75) is 13.8 Å². The number of hydrogen-bond acceptors (Lipinski definition) is 3. The van der Waals surface area contributed by atoms with E-state index in [-0.39, 0.29) is 5.78 Å². The van der Waals surface area contributed by atoms with E-state index in [1.165, 1.54) is 0 Å². The summed E-state index contributed by atoms with van der Waals surface area (Å²) < 4.78 is 0. The fourth-order valence-electron chi connectivity index (χ4n) is 1.77.